The number of rotatable bonds is 5. The van der Waals surface area contributed by atoms with Crippen LogP contribution in [0.25, 0.3) is 0 Å². The Morgan fingerprint density at radius 2 is 2.09 bits per heavy atom. The second-order valence-corrected chi connectivity index (χ2v) is 4.28. The third-order valence-electron chi connectivity index (χ3n) is 2.87. The minimum Gasteiger partial charge on any atom is -0.461 e. The van der Waals surface area contributed by atoms with E-state index in [1.165, 1.54) is 18.2 Å². The highest BCUT2D eigenvalue weighted by Crippen LogP contribution is 2.19. The second kappa shape index (κ2) is 6.60. The molecule has 0 saturated heterocycles. The first-order chi connectivity index (χ1) is 11.0. The zero-order chi connectivity index (χ0) is 17.0. The summed E-state index contributed by atoms with van der Waals surface area (Å²) in [6.07, 6.45) is 0.322. The van der Waals surface area contributed by atoms with Crippen molar-refractivity contribution >= 4 is 23.9 Å². The third kappa shape index (κ3) is 3.12. The van der Waals surface area contributed by atoms with Crippen molar-refractivity contribution < 1.29 is 24.0 Å². The lowest BCUT2D eigenvalue weighted by Gasteiger charge is -2.03. The van der Waals surface area contributed by atoms with E-state index in [0.717, 1.165) is 12.1 Å². The molecule has 0 amide bonds. The van der Waals surface area contributed by atoms with Crippen LogP contribution in [0.15, 0.2) is 30.3 Å². The Balaban J connectivity index is 2.50. The normalized spacial score (nSPS) is 10.1. The van der Waals surface area contributed by atoms with Gasteiger partial charge in [-0.3, -0.25) is 19.7 Å². The van der Waals surface area contributed by atoms with Gasteiger partial charge in [-0.2, -0.15) is 9.78 Å². The van der Waals surface area contributed by atoms with E-state index in [-0.39, 0.29) is 23.6 Å². The Hall–Kier alpha value is -3.36. The van der Waals surface area contributed by atoms with Gasteiger partial charge in [0.15, 0.2) is 12.0 Å². The number of carbonyl (C=O) groups excluding carboxylic acids is 3. The number of esters is 1. The minimum absolute atomic E-state index is 0.0974. The van der Waals surface area contributed by atoms with Crippen LogP contribution in [0.2, 0.25) is 0 Å². The van der Waals surface area contributed by atoms with Crippen LogP contribution in [-0.4, -0.2) is 39.5 Å². The van der Waals surface area contributed by atoms with E-state index in [2.05, 4.69) is 5.10 Å². The molecule has 0 atom stereocenters. The van der Waals surface area contributed by atoms with Gasteiger partial charge < -0.3 is 4.74 Å². The molecule has 2 rings (SSSR count). The first-order valence-electron chi connectivity index (χ1n) is 6.50. The molecule has 0 spiro atoms. The molecule has 1 aromatic carbocycles. The summed E-state index contributed by atoms with van der Waals surface area (Å²) in [5.74, 6) is -1.69. The van der Waals surface area contributed by atoms with Crippen molar-refractivity contribution in [3.05, 3.63) is 57.4 Å². The number of ether oxygens (including phenoxy) is 1. The number of nitro benzene ring substituents is 1. The molecule has 0 bridgehead atoms. The molecule has 0 aliphatic carbocycles. The van der Waals surface area contributed by atoms with Gasteiger partial charge in [0.05, 0.1) is 11.5 Å². The summed E-state index contributed by atoms with van der Waals surface area (Å²) in [5, 5.41) is 14.7. The molecule has 0 fully saturated rings. The van der Waals surface area contributed by atoms with Gasteiger partial charge in [-0.25, -0.2) is 4.79 Å². The molecule has 23 heavy (non-hydrogen) atoms. The second-order valence-electron chi connectivity index (χ2n) is 4.28. The van der Waals surface area contributed by atoms with Gasteiger partial charge in [0.2, 0.25) is 0 Å². The Morgan fingerprint density at radius 3 is 2.70 bits per heavy atom. The number of benzene rings is 1. The van der Waals surface area contributed by atoms with E-state index in [4.69, 9.17) is 4.74 Å². The highest BCUT2D eigenvalue weighted by Gasteiger charge is 2.25. The largest absolute Gasteiger partial charge is 0.461 e. The molecule has 0 radical (unpaired) electrons. The summed E-state index contributed by atoms with van der Waals surface area (Å²) in [6.45, 7) is 1.69. The average Bonchev–Trinajstić information content (AvgIpc) is 2.98. The predicted molar refractivity (Wildman–Crippen MR) is 76.4 cm³/mol. The smallest absolute Gasteiger partial charge is 0.358 e. The van der Waals surface area contributed by atoms with Crippen molar-refractivity contribution in [3.8, 4) is 0 Å². The number of aldehydes is 1. The fourth-order valence-corrected chi connectivity index (χ4v) is 1.87. The molecule has 118 valence electrons. The highest BCUT2D eigenvalue weighted by atomic mass is 16.6. The number of hydrogen-bond acceptors (Lipinski definition) is 7. The van der Waals surface area contributed by atoms with Gasteiger partial charge in [-0.15, -0.1) is 0 Å². The van der Waals surface area contributed by atoms with Gasteiger partial charge >= 0.3 is 5.97 Å². The van der Waals surface area contributed by atoms with Crippen LogP contribution < -0.4 is 0 Å². The fraction of sp³-hybridized carbons (Fsp3) is 0.143. The summed E-state index contributed by atoms with van der Waals surface area (Å²) in [5.41, 5.74) is -1.13. The Morgan fingerprint density at radius 1 is 1.39 bits per heavy atom. The summed E-state index contributed by atoms with van der Waals surface area (Å²) in [6, 6.07) is 6.32. The Bertz CT molecular complexity index is 796. The highest BCUT2D eigenvalue weighted by molar-refractivity contribution is 6.02. The van der Waals surface area contributed by atoms with Crippen molar-refractivity contribution in [1.29, 1.82) is 0 Å². The predicted octanol–water partition coefficient (Wildman–Crippen LogP) is 1.47. The molecule has 0 aliphatic heterocycles. The van der Waals surface area contributed by atoms with Crippen LogP contribution >= 0.6 is 0 Å². The molecule has 1 heterocycles. The maximum Gasteiger partial charge on any atom is 0.358 e. The molecule has 0 saturated carbocycles. The number of nitrogens with zero attached hydrogens (tertiary/aromatic N) is 3. The zero-order valence-corrected chi connectivity index (χ0v) is 12.0. The standard InChI is InChI=1S/C14H11N3O6/c1-2-23-14(20)11-7-9(8-18)16(15-11)13(19)10-5-3-4-6-12(10)17(21)22/h3-8H,2H2,1H3. The van der Waals surface area contributed by atoms with Gasteiger partial charge in [-0.1, -0.05) is 12.1 Å². The van der Waals surface area contributed by atoms with Gasteiger partial charge in [-0.05, 0) is 13.0 Å². The molecule has 2 aromatic rings. The van der Waals surface area contributed by atoms with Crippen molar-refractivity contribution in [2.24, 2.45) is 0 Å². The number of aromatic nitrogens is 2. The lowest BCUT2D eigenvalue weighted by atomic mass is 10.1. The lowest BCUT2D eigenvalue weighted by Crippen LogP contribution is -2.18. The van der Waals surface area contributed by atoms with Crippen LogP contribution in [0, 0.1) is 10.1 Å². The lowest BCUT2D eigenvalue weighted by molar-refractivity contribution is -0.385. The van der Waals surface area contributed by atoms with E-state index < -0.39 is 22.5 Å². The van der Waals surface area contributed by atoms with E-state index >= 15 is 0 Å². The summed E-state index contributed by atoms with van der Waals surface area (Å²) in [4.78, 5) is 45.4. The Labute approximate surface area is 129 Å². The summed E-state index contributed by atoms with van der Waals surface area (Å²) >= 11 is 0. The topological polar surface area (TPSA) is 121 Å². The van der Waals surface area contributed by atoms with Crippen LogP contribution in [0.5, 0.6) is 0 Å². The molecule has 9 heteroatoms. The van der Waals surface area contributed by atoms with Gasteiger partial charge in [0.25, 0.3) is 11.6 Å². The monoisotopic (exact) mass is 317 g/mol. The minimum atomic E-state index is -0.894. The molecule has 0 aliphatic rings. The fourth-order valence-electron chi connectivity index (χ4n) is 1.87. The van der Waals surface area contributed by atoms with Crippen molar-refractivity contribution in [1.82, 2.24) is 9.78 Å². The molecule has 0 unspecified atom stereocenters. The average molecular weight is 317 g/mol. The quantitative estimate of drug-likeness (QED) is 0.354. The van der Waals surface area contributed by atoms with E-state index in [1.54, 1.807) is 6.92 Å². The number of hydrogen-bond donors (Lipinski definition) is 0. The van der Waals surface area contributed by atoms with E-state index in [1.807, 2.05) is 0 Å². The van der Waals surface area contributed by atoms with E-state index in [0.29, 0.717) is 11.0 Å². The number of para-hydroxylation sites is 1. The SMILES string of the molecule is CCOC(=O)c1cc(C=O)n(C(=O)c2ccccc2[N+](=O)[O-])n1. The van der Waals surface area contributed by atoms with E-state index in [9.17, 15) is 24.5 Å². The summed E-state index contributed by atoms with van der Waals surface area (Å²) in [7, 11) is 0. The maximum absolute atomic E-state index is 12.4. The summed E-state index contributed by atoms with van der Waals surface area (Å²) < 4.78 is 5.38. The zero-order valence-electron chi connectivity index (χ0n) is 12.0. The number of carbonyl (C=O) groups is 3. The molecule has 1 aromatic heterocycles. The maximum atomic E-state index is 12.4. The van der Waals surface area contributed by atoms with Gasteiger partial charge in [0, 0.05) is 12.1 Å². The van der Waals surface area contributed by atoms with Crippen LogP contribution in [0.4, 0.5) is 5.69 Å². The molecular weight excluding hydrogens is 306 g/mol. The van der Waals surface area contributed by atoms with Crippen LogP contribution in [0.1, 0.15) is 38.3 Å². The van der Waals surface area contributed by atoms with Crippen molar-refractivity contribution in [2.75, 3.05) is 6.61 Å². The van der Waals surface area contributed by atoms with Crippen LogP contribution in [-0.2, 0) is 4.74 Å². The van der Waals surface area contributed by atoms with Crippen molar-refractivity contribution in [3.63, 3.8) is 0 Å². The third-order valence-corrected chi connectivity index (χ3v) is 2.87. The Kier molecular flexibility index (Phi) is 4.60. The molecular formula is C14H11N3O6. The molecule has 9 nitrogen and oxygen atoms in total. The van der Waals surface area contributed by atoms with Gasteiger partial charge in [0.1, 0.15) is 11.3 Å². The van der Waals surface area contributed by atoms with Crippen molar-refractivity contribution in [2.45, 2.75) is 6.92 Å². The first kappa shape index (κ1) is 16.0. The number of nitro groups is 1. The first-order valence-corrected chi connectivity index (χ1v) is 6.50. The molecule has 0 N–H and O–H groups in total. The van der Waals surface area contributed by atoms with Crippen LogP contribution in [0.3, 0.4) is 0 Å².